The molecule has 0 saturated carbocycles. The molecule has 0 spiro atoms. The fourth-order valence-electron chi connectivity index (χ4n) is 2.09. The van der Waals surface area contributed by atoms with Gasteiger partial charge in [0.25, 0.3) is 10.0 Å². The van der Waals surface area contributed by atoms with Crippen molar-refractivity contribution in [3.05, 3.63) is 48.4 Å². The van der Waals surface area contributed by atoms with Gasteiger partial charge >= 0.3 is 0 Å². The number of rotatable bonds is 3. The van der Waals surface area contributed by atoms with E-state index in [9.17, 15) is 8.42 Å². The van der Waals surface area contributed by atoms with E-state index in [1.54, 1.807) is 30.3 Å². The summed E-state index contributed by atoms with van der Waals surface area (Å²) in [6.07, 6.45) is 4.82. The lowest BCUT2D eigenvalue weighted by Gasteiger charge is -2.09. The van der Waals surface area contributed by atoms with Gasteiger partial charge in [-0.2, -0.15) is 0 Å². The van der Waals surface area contributed by atoms with Crippen LogP contribution < -0.4 is 0 Å². The molecule has 0 fully saturated rings. The highest BCUT2D eigenvalue weighted by Crippen LogP contribution is 2.27. The molecule has 1 aromatic carbocycles. The molecule has 0 radical (unpaired) electrons. The van der Waals surface area contributed by atoms with Gasteiger partial charge in [0.15, 0.2) is 0 Å². The van der Waals surface area contributed by atoms with Crippen LogP contribution in [0.1, 0.15) is 5.56 Å². The number of hydrogen-bond acceptors (Lipinski definition) is 5. The summed E-state index contributed by atoms with van der Waals surface area (Å²) < 4.78 is 26.8. The van der Waals surface area contributed by atoms with E-state index in [1.165, 1.54) is 28.3 Å². The van der Waals surface area contributed by atoms with Gasteiger partial charge in [0.05, 0.1) is 10.4 Å². The van der Waals surface area contributed by atoms with Crippen LogP contribution in [0.25, 0.3) is 11.0 Å². The van der Waals surface area contributed by atoms with E-state index in [4.69, 9.17) is 0 Å². The van der Waals surface area contributed by atoms with E-state index < -0.39 is 10.0 Å². The number of nitrogens with zero attached hydrogens (tertiary/aromatic N) is 3. The van der Waals surface area contributed by atoms with E-state index in [1.807, 2.05) is 13.2 Å². The molecule has 0 aliphatic carbocycles. The first kappa shape index (κ1) is 14.1. The number of aromatic nitrogens is 3. The van der Waals surface area contributed by atoms with Gasteiger partial charge in [-0.25, -0.2) is 22.4 Å². The zero-order valence-corrected chi connectivity index (χ0v) is 13.1. The van der Waals surface area contributed by atoms with Crippen molar-refractivity contribution in [1.29, 1.82) is 0 Å². The summed E-state index contributed by atoms with van der Waals surface area (Å²) in [5.74, 6) is 0. The predicted molar refractivity (Wildman–Crippen MR) is 83.1 cm³/mol. The molecule has 0 bridgehead atoms. The van der Waals surface area contributed by atoms with Crippen LogP contribution in [0.2, 0.25) is 0 Å². The van der Waals surface area contributed by atoms with Crippen LogP contribution in [0.15, 0.2) is 52.8 Å². The Hall–Kier alpha value is -1.86. The van der Waals surface area contributed by atoms with Crippen LogP contribution in [-0.4, -0.2) is 28.6 Å². The van der Waals surface area contributed by atoms with Crippen LogP contribution in [0.4, 0.5) is 0 Å². The maximum atomic E-state index is 12.8. The molecule has 21 heavy (non-hydrogen) atoms. The van der Waals surface area contributed by atoms with Gasteiger partial charge in [0, 0.05) is 6.20 Å². The van der Waals surface area contributed by atoms with Crippen molar-refractivity contribution >= 4 is 32.8 Å². The lowest BCUT2D eigenvalue weighted by molar-refractivity contribution is 0.588. The monoisotopic (exact) mass is 319 g/mol. The average molecular weight is 319 g/mol. The summed E-state index contributed by atoms with van der Waals surface area (Å²) in [7, 11) is -3.65. The average Bonchev–Trinajstić information content (AvgIpc) is 2.92. The number of hydrogen-bond donors (Lipinski definition) is 0. The third-order valence-electron chi connectivity index (χ3n) is 3.18. The normalized spacial score (nSPS) is 11.9. The molecule has 0 N–H and O–H groups in total. The summed E-state index contributed by atoms with van der Waals surface area (Å²) >= 11 is 1.39. The Kier molecular flexibility index (Phi) is 3.46. The van der Waals surface area contributed by atoms with Crippen LogP contribution in [0.5, 0.6) is 0 Å². The van der Waals surface area contributed by atoms with Gasteiger partial charge < -0.3 is 0 Å². The van der Waals surface area contributed by atoms with Gasteiger partial charge in [-0.15, -0.1) is 11.8 Å². The number of benzene rings is 1. The minimum Gasteiger partial charge on any atom is -0.237 e. The summed E-state index contributed by atoms with van der Waals surface area (Å²) in [6, 6.07) is 8.47. The molecule has 7 heteroatoms. The van der Waals surface area contributed by atoms with Crippen molar-refractivity contribution in [2.75, 3.05) is 6.26 Å². The minimum absolute atomic E-state index is 0.251. The van der Waals surface area contributed by atoms with Crippen molar-refractivity contribution in [2.45, 2.75) is 16.8 Å². The van der Waals surface area contributed by atoms with Crippen LogP contribution in [0, 0.1) is 6.92 Å². The van der Waals surface area contributed by atoms with E-state index in [0.717, 1.165) is 5.56 Å². The molecule has 5 nitrogen and oxygen atoms in total. The smallest absolute Gasteiger partial charge is 0.237 e. The van der Waals surface area contributed by atoms with Gasteiger partial charge in [0.1, 0.15) is 16.9 Å². The summed E-state index contributed by atoms with van der Waals surface area (Å²) in [6.45, 7) is 1.92. The molecule has 0 unspecified atom stereocenters. The van der Waals surface area contributed by atoms with Crippen molar-refractivity contribution in [3.8, 4) is 0 Å². The first-order chi connectivity index (χ1) is 10.0. The third kappa shape index (κ3) is 2.32. The lowest BCUT2D eigenvalue weighted by atomic mass is 10.2. The number of thioether (sulfide) groups is 1. The SMILES string of the molecule is CSc1ncnc2ccn(S(=O)(=O)c3ccc(C)cc3)c12. The topological polar surface area (TPSA) is 64.8 Å². The first-order valence-electron chi connectivity index (χ1n) is 6.22. The number of aryl methyl sites for hydroxylation is 1. The third-order valence-corrected chi connectivity index (χ3v) is 5.55. The van der Waals surface area contributed by atoms with Crippen LogP contribution >= 0.6 is 11.8 Å². The second-order valence-electron chi connectivity index (χ2n) is 4.55. The minimum atomic E-state index is -3.65. The Morgan fingerprint density at radius 1 is 1.10 bits per heavy atom. The van der Waals surface area contributed by atoms with Crippen molar-refractivity contribution in [1.82, 2.24) is 13.9 Å². The van der Waals surface area contributed by atoms with Crippen LogP contribution in [0.3, 0.4) is 0 Å². The lowest BCUT2D eigenvalue weighted by Crippen LogP contribution is -2.12. The van der Waals surface area contributed by atoms with Crippen LogP contribution in [-0.2, 0) is 10.0 Å². The molecule has 0 aliphatic rings. The maximum absolute atomic E-state index is 12.8. The standard InChI is InChI=1S/C14H13N3O2S2/c1-10-3-5-11(6-4-10)21(18,19)17-8-7-12-13(17)14(20-2)16-9-15-12/h3-9H,1-2H3. The molecule has 0 saturated heterocycles. The van der Waals surface area contributed by atoms with Gasteiger partial charge in [-0.05, 0) is 31.4 Å². The molecule has 3 rings (SSSR count). The van der Waals surface area contributed by atoms with Gasteiger partial charge in [-0.1, -0.05) is 17.7 Å². The molecule has 0 amide bonds. The highest BCUT2D eigenvalue weighted by molar-refractivity contribution is 7.98. The van der Waals surface area contributed by atoms with Gasteiger partial charge in [-0.3, -0.25) is 0 Å². The Morgan fingerprint density at radius 2 is 1.81 bits per heavy atom. The molecule has 0 atom stereocenters. The summed E-state index contributed by atoms with van der Waals surface area (Å²) in [5, 5.41) is 0.640. The van der Waals surface area contributed by atoms with Crippen molar-refractivity contribution in [2.24, 2.45) is 0 Å². The maximum Gasteiger partial charge on any atom is 0.268 e. The summed E-state index contributed by atoms with van der Waals surface area (Å²) in [4.78, 5) is 8.52. The zero-order chi connectivity index (χ0) is 15.0. The zero-order valence-electron chi connectivity index (χ0n) is 11.5. The van der Waals surface area contributed by atoms with Gasteiger partial charge in [0.2, 0.25) is 0 Å². The van der Waals surface area contributed by atoms with E-state index in [2.05, 4.69) is 9.97 Å². The molecule has 2 heterocycles. The highest BCUT2D eigenvalue weighted by Gasteiger charge is 2.21. The quantitative estimate of drug-likeness (QED) is 0.548. The molecule has 3 aromatic rings. The Labute approximate surface area is 127 Å². The predicted octanol–water partition coefficient (Wildman–Crippen LogP) is 2.70. The molecular formula is C14H13N3O2S2. The molecule has 2 aromatic heterocycles. The van der Waals surface area contributed by atoms with E-state index in [0.29, 0.717) is 16.1 Å². The second-order valence-corrected chi connectivity index (χ2v) is 7.16. The molecule has 0 aliphatic heterocycles. The van der Waals surface area contributed by atoms with E-state index >= 15 is 0 Å². The molecule has 108 valence electrons. The highest BCUT2D eigenvalue weighted by atomic mass is 32.2. The van der Waals surface area contributed by atoms with E-state index in [-0.39, 0.29) is 4.90 Å². The Balaban J connectivity index is 2.26. The Morgan fingerprint density at radius 3 is 2.48 bits per heavy atom. The first-order valence-corrected chi connectivity index (χ1v) is 8.89. The largest absolute Gasteiger partial charge is 0.268 e. The Bertz CT molecular complexity index is 900. The fraction of sp³-hybridized carbons (Fsp3) is 0.143. The fourth-order valence-corrected chi connectivity index (χ4v) is 4.05. The number of fused-ring (bicyclic) bond motifs is 1. The van der Waals surface area contributed by atoms with Crippen molar-refractivity contribution < 1.29 is 8.42 Å². The van der Waals surface area contributed by atoms with Crippen molar-refractivity contribution in [3.63, 3.8) is 0 Å². The second kappa shape index (κ2) is 5.16. The summed E-state index contributed by atoms with van der Waals surface area (Å²) in [5.41, 5.74) is 2.15. The molecular weight excluding hydrogens is 306 g/mol.